The number of hydrogen-bond donors (Lipinski definition) is 2. The van der Waals surface area contributed by atoms with Gasteiger partial charge in [0.1, 0.15) is 5.82 Å². The van der Waals surface area contributed by atoms with Gasteiger partial charge >= 0.3 is 6.55 Å². The van der Waals surface area contributed by atoms with E-state index >= 15 is 0 Å². The molecular formula is C17H24Cl2F2N4O. The fourth-order valence-electron chi connectivity index (χ4n) is 3.43. The molecule has 1 aromatic carbocycles. The number of para-hydroxylation sites is 2. The molecule has 0 saturated heterocycles. The molecule has 1 saturated carbocycles. The molecule has 1 aliphatic carbocycles. The van der Waals surface area contributed by atoms with Gasteiger partial charge in [-0.25, -0.2) is 4.98 Å². The minimum absolute atomic E-state index is 0. The minimum Gasteiger partial charge on any atom is -0.356 e. The zero-order valence-corrected chi connectivity index (χ0v) is 15.9. The van der Waals surface area contributed by atoms with Gasteiger partial charge in [-0.15, -0.1) is 24.8 Å². The molecule has 9 heteroatoms. The van der Waals surface area contributed by atoms with Gasteiger partial charge in [-0.2, -0.15) is 8.78 Å². The number of nitrogens with zero attached hydrogens (tertiary/aromatic N) is 2. The van der Waals surface area contributed by atoms with Crippen LogP contribution in [-0.4, -0.2) is 28.0 Å². The Balaban J connectivity index is 0.00000169. The predicted octanol–water partition coefficient (Wildman–Crippen LogP) is 3.45. The molecule has 146 valence electrons. The summed E-state index contributed by atoms with van der Waals surface area (Å²) < 4.78 is 27.5. The van der Waals surface area contributed by atoms with Gasteiger partial charge in [0.15, 0.2) is 0 Å². The van der Waals surface area contributed by atoms with Crippen LogP contribution < -0.4 is 11.1 Å². The highest BCUT2D eigenvalue weighted by atomic mass is 35.5. The van der Waals surface area contributed by atoms with Gasteiger partial charge in [0.25, 0.3) is 0 Å². The molecule has 2 atom stereocenters. The molecule has 0 aliphatic heterocycles. The largest absolute Gasteiger partial charge is 0.356 e. The third-order valence-electron chi connectivity index (χ3n) is 4.70. The lowest BCUT2D eigenvalue weighted by molar-refractivity contribution is -0.122. The van der Waals surface area contributed by atoms with Crippen molar-refractivity contribution < 1.29 is 13.6 Å². The van der Waals surface area contributed by atoms with Crippen LogP contribution in [0.5, 0.6) is 0 Å². The Bertz CT molecular complexity index is 726. The van der Waals surface area contributed by atoms with Crippen LogP contribution in [0.1, 0.15) is 38.1 Å². The minimum atomic E-state index is -2.65. The summed E-state index contributed by atoms with van der Waals surface area (Å²) in [6, 6.07) is 6.90. The van der Waals surface area contributed by atoms with E-state index < -0.39 is 6.55 Å². The second kappa shape index (κ2) is 10.0. The van der Waals surface area contributed by atoms with Crippen molar-refractivity contribution in [1.82, 2.24) is 14.9 Å². The average Bonchev–Trinajstić information content (AvgIpc) is 3.10. The lowest BCUT2D eigenvalue weighted by Crippen LogP contribution is -2.32. The van der Waals surface area contributed by atoms with E-state index in [0.29, 0.717) is 17.5 Å². The van der Waals surface area contributed by atoms with Crippen LogP contribution >= 0.6 is 24.8 Å². The lowest BCUT2D eigenvalue weighted by atomic mass is 10.00. The van der Waals surface area contributed by atoms with Gasteiger partial charge < -0.3 is 11.1 Å². The Hall–Kier alpha value is -1.44. The topological polar surface area (TPSA) is 72.9 Å². The zero-order valence-electron chi connectivity index (χ0n) is 14.2. The number of nitrogens with one attached hydrogen (secondary N) is 1. The number of amides is 1. The number of halogens is 4. The van der Waals surface area contributed by atoms with Gasteiger partial charge in [0, 0.05) is 25.4 Å². The third-order valence-corrected chi connectivity index (χ3v) is 4.70. The Morgan fingerprint density at radius 1 is 1.31 bits per heavy atom. The van der Waals surface area contributed by atoms with Gasteiger partial charge in [-0.05, 0) is 30.9 Å². The molecule has 26 heavy (non-hydrogen) atoms. The summed E-state index contributed by atoms with van der Waals surface area (Å²) in [6.45, 7) is -2.36. The van der Waals surface area contributed by atoms with Crippen molar-refractivity contribution in [2.75, 3.05) is 6.54 Å². The quantitative estimate of drug-likeness (QED) is 0.768. The smallest absolute Gasteiger partial charge is 0.320 e. The lowest BCUT2D eigenvalue weighted by Gasteiger charge is -2.14. The second-order valence-electron chi connectivity index (χ2n) is 6.32. The first-order valence-corrected chi connectivity index (χ1v) is 8.32. The molecule has 1 fully saturated rings. The fraction of sp³-hybridized carbons (Fsp3) is 0.529. The van der Waals surface area contributed by atoms with Crippen molar-refractivity contribution in [3.05, 3.63) is 30.1 Å². The maximum Gasteiger partial charge on any atom is 0.320 e. The van der Waals surface area contributed by atoms with Crippen LogP contribution in [0.2, 0.25) is 0 Å². The first-order chi connectivity index (χ1) is 11.6. The van der Waals surface area contributed by atoms with Crippen molar-refractivity contribution in [2.24, 2.45) is 11.7 Å². The van der Waals surface area contributed by atoms with E-state index in [0.717, 1.165) is 23.8 Å². The fourth-order valence-corrected chi connectivity index (χ4v) is 3.43. The maximum atomic E-state index is 13.3. The summed E-state index contributed by atoms with van der Waals surface area (Å²) in [5, 5.41) is 2.80. The Morgan fingerprint density at radius 3 is 2.69 bits per heavy atom. The first kappa shape index (κ1) is 22.6. The molecule has 2 aromatic rings. The Morgan fingerprint density at radius 2 is 2.04 bits per heavy atom. The number of hydrogen-bond acceptors (Lipinski definition) is 3. The number of rotatable bonds is 6. The SMILES string of the molecule is Cl.Cl.N[C@@H]1CCC[C@H]1CC(=O)NCCc1nc2ccccc2n1C(F)F. The van der Waals surface area contributed by atoms with Crippen molar-refractivity contribution in [2.45, 2.75) is 44.7 Å². The number of carbonyl (C=O) groups excluding carboxylic acids is 1. The van der Waals surface area contributed by atoms with Gasteiger partial charge in [-0.1, -0.05) is 18.6 Å². The van der Waals surface area contributed by atoms with E-state index in [2.05, 4.69) is 10.3 Å². The van der Waals surface area contributed by atoms with Crippen LogP contribution in [0.4, 0.5) is 8.78 Å². The van der Waals surface area contributed by atoms with E-state index in [4.69, 9.17) is 5.73 Å². The Labute approximate surface area is 163 Å². The summed E-state index contributed by atoms with van der Waals surface area (Å²) in [6.07, 6.45) is 3.69. The molecule has 3 rings (SSSR count). The van der Waals surface area contributed by atoms with E-state index in [1.807, 2.05) is 0 Å². The van der Waals surface area contributed by atoms with Crippen LogP contribution in [0.3, 0.4) is 0 Å². The summed E-state index contributed by atoms with van der Waals surface area (Å²) in [7, 11) is 0. The molecular weight excluding hydrogens is 385 g/mol. The second-order valence-corrected chi connectivity index (χ2v) is 6.32. The highest BCUT2D eigenvalue weighted by Crippen LogP contribution is 2.26. The van der Waals surface area contributed by atoms with Crippen molar-refractivity contribution in [3.8, 4) is 0 Å². The number of nitrogens with two attached hydrogens (primary N) is 1. The van der Waals surface area contributed by atoms with E-state index in [1.54, 1.807) is 24.3 Å². The van der Waals surface area contributed by atoms with Crippen LogP contribution in [0, 0.1) is 5.92 Å². The van der Waals surface area contributed by atoms with Crippen LogP contribution in [0.15, 0.2) is 24.3 Å². The molecule has 1 amide bonds. The predicted molar refractivity (Wildman–Crippen MR) is 102 cm³/mol. The van der Waals surface area contributed by atoms with Gasteiger partial charge in [0.05, 0.1) is 11.0 Å². The van der Waals surface area contributed by atoms with Crippen molar-refractivity contribution in [1.29, 1.82) is 0 Å². The van der Waals surface area contributed by atoms with E-state index in [1.165, 1.54) is 0 Å². The maximum absolute atomic E-state index is 13.3. The molecule has 0 bridgehead atoms. The van der Waals surface area contributed by atoms with Gasteiger partial charge in [0.2, 0.25) is 5.91 Å². The summed E-state index contributed by atoms with van der Waals surface area (Å²) in [4.78, 5) is 16.2. The monoisotopic (exact) mass is 408 g/mol. The summed E-state index contributed by atoms with van der Waals surface area (Å²) >= 11 is 0. The number of aromatic nitrogens is 2. The summed E-state index contributed by atoms with van der Waals surface area (Å²) in [5.41, 5.74) is 6.91. The molecule has 1 aromatic heterocycles. The molecule has 3 N–H and O–H groups in total. The normalized spacial score (nSPS) is 19.2. The van der Waals surface area contributed by atoms with E-state index in [-0.39, 0.29) is 61.5 Å². The number of benzene rings is 1. The zero-order chi connectivity index (χ0) is 17.1. The molecule has 0 spiro atoms. The average molecular weight is 409 g/mol. The first-order valence-electron chi connectivity index (χ1n) is 8.32. The van der Waals surface area contributed by atoms with Gasteiger partial charge in [-0.3, -0.25) is 9.36 Å². The highest BCUT2D eigenvalue weighted by molar-refractivity contribution is 5.85. The molecule has 1 heterocycles. The van der Waals surface area contributed by atoms with E-state index in [9.17, 15) is 13.6 Å². The van der Waals surface area contributed by atoms with Crippen molar-refractivity contribution in [3.63, 3.8) is 0 Å². The number of carbonyl (C=O) groups is 1. The Kier molecular flexibility index (Phi) is 8.73. The molecule has 0 unspecified atom stereocenters. The number of fused-ring (bicyclic) bond motifs is 1. The molecule has 0 radical (unpaired) electrons. The third kappa shape index (κ3) is 5.05. The highest BCUT2D eigenvalue weighted by Gasteiger charge is 2.26. The molecule has 1 aliphatic rings. The van der Waals surface area contributed by atoms with Crippen LogP contribution in [-0.2, 0) is 11.2 Å². The molecule has 5 nitrogen and oxygen atoms in total. The number of imidazole rings is 1. The number of alkyl halides is 2. The van der Waals surface area contributed by atoms with Crippen molar-refractivity contribution >= 4 is 41.8 Å². The standard InChI is InChI=1S/C17H22F2N4O.2ClH/c18-17(19)23-14-7-2-1-6-13(14)22-15(23)8-9-21-16(24)10-11-4-3-5-12(11)20;;/h1-2,6-7,11-12,17H,3-5,8-10,20H2,(H,21,24);2*1H/t11-,12+;;/m0../s1. The summed E-state index contributed by atoms with van der Waals surface area (Å²) in [5.74, 6) is 0.441. The van der Waals surface area contributed by atoms with Crippen LogP contribution in [0.25, 0.3) is 11.0 Å².